The molecule has 0 aliphatic rings. The van der Waals surface area contributed by atoms with E-state index in [1.165, 1.54) is 18.2 Å². The lowest BCUT2D eigenvalue weighted by Crippen LogP contribution is -2.12. The molecule has 106 valence electrons. The zero-order valence-electron chi connectivity index (χ0n) is 10.5. The van der Waals surface area contributed by atoms with Crippen LogP contribution in [0.1, 0.15) is 5.56 Å². The number of benzene rings is 1. The summed E-state index contributed by atoms with van der Waals surface area (Å²) in [6.45, 7) is 0.533. The van der Waals surface area contributed by atoms with Crippen LogP contribution in [0.25, 0.3) is 0 Å². The molecule has 0 unspecified atom stereocenters. The van der Waals surface area contributed by atoms with Gasteiger partial charge < -0.3 is 5.32 Å². The standard InChI is InChI=1S/C12H13FN4O2S/c13-11-7-12(17-8-16-11)15-6-5-9-1-3-10(4-2-9)20(14,18)19/h1-4,7-8H,5-6H2,(H2,14,18,19)(H,15,16,17). The van der Waals surface area contributed by atoms with Crippen LogP contribution in [0.3, 0.4) is 0 Å². The van der Waals surface area contributed by atoms with Crippen molar-refractivity contribution >= 4 is 15.8 Å². The van der Waals surface area contributed by atoms with E-state index < -0.39 is 16.0 Å². The minimum Gasteiger partial charge on any atom is -0.370 e. The summed E-state index contributed by atoms with van der Waals surface area (Å²) in [5.74, 6) is -0.196. The summed E-state index contributed by atoms with van der Waals surface area (Å²) in [6, 6.07) is 7.47. The molecular weight excluding hydrogens is 283 g/mol. The smallest absolute Gasteiger partial charge is 0.238 e. The summed E-state index contributed by atoms with van der Waals surface area (Å²) in [4.78, 5) is 7.29. The fourth-order valence-corrected chi connectivity index (χ4v) is 2.13. The second kappa shape index (κ2) is 5.93. The van der Waals surface area contributed by atoms with Crippen LogP contribution in [0.5, 0.6) is 0 Å². The Kier molecular flexibility index (Phi) is 4.26. The molecule has 1 heterocycles. The van der Waals surface area contributed by atoms with Gasteiger partial charge in [-0.1, -0.05) is 12.1 Å². The lowest BCUT2D eigenvalue weighted by Gasteiger charge is -2.06. The Hall–Kier alpha value is -2.06. The SMILES string of the molecule is NS(=O)(=O)c1ccc(CCNc2cc(F)ncn2)cc1. The number of sulfonamides is 1. The van der Waals surface area contributed by atoms with Gasteiger partial charge in [0.15, 0.2) is 0 Å². The maximum absolute atomic E-state index is 12.8. The zero-order chi connectivity index (χ0) is 14.6. The Morgan fingerprint density at radius 3 is 2.50 bits per heavy atom. The van der Waals surface area contributed by atoms with Crippen LogP contribution in [-0.2, 0) is 16.4 Å². The molecule has 0 saturated heterocycles. The van der Waals surface area contributed by atoms with E-state index >= 15 is 0 Å². The predicted molar refractivity (Wildman–Crippen MR) is 72.0 cm³/mol. The van der Waals surface area contributed by atoms with Crippen molar-refractivity contribution in [2.45, 2.75) is 11.3 Å². The number of hydrogen-bond acceptors (Lipinski definition) is 5. The monoisotopic (exact) mass is 296 g/mol. The summed E-state index contributed by atoms with van der Waals surface area (Å²) >= 11 is 0. The van der Waals surface area contributed by atoms with Gasteiger partial charge in [0, 0.05) is 12.6 Å². The fraction of sp³-hybridized carbons (Fsp3) is 0.167. The molecule has 20 heavy (non-hydrogen) atoms. The van der Waals surface area contributed by atoms with Gasteiger partial charge in [-0.2, -0.15) is 4.39 Å². The minimum atomic E-state index is -3.66. The third-order valence-electron chi connectivity index (χ3n) is 2.61. The second-order valence-corrected chi connectivity index (χ2v) is 5.65. The fourth-order valence-electron chi connectivity index (χ4n) is 1.61. The maximum atomic E-state index is 12.8. The quantitative estimate of drug-likeness (QED) is 0.799. The summed E-state index contributed by atoms with van der Waals surface area (Å²) < 4.78 is 35.0. The Balaban J connectivity index is 1.92. The van der Waals surface area contributed by atoms with Crippen molar-refractivity contribution in [1.29, 1.82) is 0 Å². The van der Waals surface area contributed by atoms with E-state index in [1.807, 2.05) is 0 Å². The van der Waals surface area contributed by atoms with Crippen molar-refractivity contribution in [3.05, 3.63) is 48.2 Å². The first-order valence-electron chi connectivity index (χ1n) is 5.78. The number of nitrogens with two attached hydrogens (primary N) is 1. The highest BCUT2D eigenvalue weighted by atomic mass is 32.2. The van der Waals surface area contributed by atoms with Crippen molar-refractivity contribution in [3.63, 3.8) is 0 Å². The lowest BCUT2D eigenvalue weighted by molar-refractivity contribution is 0.580. The van der Waals surface area contributed by atoms with Gasteiger partial charge in [0.1, 0.15) is 12.1 Å². The normalized spacial score (nSPS) is 11.3. The van der Waals surface area contributed by atoms with Crippen molar-refractivity contribution in [1.82, 2.24) is 9.97 Å². The van der Waals surface area contributed by atoms with Crippen LogP contribution >= 0.6 is 0 Å². The molecule has 0 radical (unpaired) electrons. The van der Waals surface area contributed by atoms with Crippen molar-refractivity contribution in [2.75, 3.05) is 11.9 Å². The molecule has 0 aliphatic heterocycles. The van der Waals surface area contributed by atoms with Gasteiger partial charge in [0.25, 0.3) is 0 Å². The first-order chi connectivity index (χ1) is 9.45. The molecule has 0 fully saturated rings. The third-order valence-corrected chi connectivity index (χ3v) is 3.53. The molecule has 0 atom stereocenters. The van der Waals surface area contributed by atoms with Gasteiger partial charge in [0.2, 0.25) is 16.0 Å². The van der Waals surface area contributed by atoms with Crippen molar-refractivity contribution < 1.29 is 12.8 Å². The van der Waals surface area contributed by atoms with Crippen molar-refractivity contribution in [2.24, 2.45) is 5.14 Å². The number of halogens is 1. The summed E-state index contributed by atoms with van der Waals surface area (Å²) in [7, 11) is -3.66. The summed E-state index contributed by atoms with van der Waals surface area (Å²) in [5.41, 5.74) is 0.930. The first-order valence-corrected chi connectivity index (χ1v) is 7.33. The summed E-state index contributed by atoms with van der Waals surface area (Å²) in [6.07, 6.45) is 1.77. The van der Waals surface area contributed by atoms with E-state index in [2.05, 4.69) is 15.3 Å². The predicted octanol–water partition coefficient (Wildman–Crippen LogP) is 0.918. The number of rotatable bonds is 5. The molecule has 3 N–H and O–H groups in total. The average Bonchev–Trinajstić information content (AvgIpc) is 2.38. The molecule has 2 rings (SSSR count). The molecule has 0 bridgehead atoms. The van der Waals surface area contributed by atoms with E-state index in [9.17, 15) is 12.8 Å². The number of anilines is 1. The van der Waals surface area contributed by atoms with Crippen LogP contribution in [0.15, 0.2) is 41.6 Å². The van der Waals surface area contributed by atoms with Crippen molar-refractivity contribution in [3.8, 4) is 0 Å². The van der Waals surface area contributed by atoms with Gasteiger partial charge in [-0.3, -0.25) is 0 Å². The van der Waals surface area contributed by atoms with E-state index in [0.29, 0.717) is 18.8 Å². The van der Waals surface area contributed by atoms with E-state index in [0.717, 1.165) is 11.9 Å². The minimum absolute atomic E-state index is 0.0760. The number of primary sulfonamides is 1. The van der Waals surface area contributed by atoms with Crippen LogP contribution in [0.4, 0.5) is 10.2 Å². The van der Waals surface area contributed by atoms with Gasteiger partial charge >= 0.3 is 0 Å². The van der Waals surface area contributed by atoms with Gasteiger partial charge in [-0.05, 0) is 24.1 Å². The van der Waals surface area contributed by atoms with Crippen LogP contribution < -0.4 is 10.5 Å². The molecule has 2 aromatic rings. The van der Waals surface area contributed by atoms with Gasteiger partial charge in [-0.25, -0.2) is 23.5 Å². The molecule has 0 amide bonds. The number of hydrogen-bond donors (Lipinski definition) is 2. The average molecular weight is 296 g/mol. The third kappa shape index (κ3) is 3.97. The molecule has 8 heteroatoms. The maximum Gasteiger partial charge on any atom is 0.238 e. The first kappa shape index (κ1) is 14.4. The zero-order valence-corrected chi connectivity index (χ0v) is 11.3. The lowest BCUT2D eigenvalue weighted by atomic mass is 10.1. The Morgan fingerprint density at radius 1 is 1.20 bits per heavy atom. The van der Waals surface area contributed by atoms with Crippen LogP contribution in [0.2, 0.25) is 0 Å². The Bertz CT molecular complexity index is 689. The van der Waals surface area contributed by atoms with Crippen LogP contribution in [0, 0.1) is 5.95 Å². The molecule has 1 aromatic carbocycles. The van der Waals surface area contributed by atoms with Crippen LogP contribution in [-0.4, -0.2) is 24.9 Å². The van der Waals surface area contributed by atoms with E-state index in [-0.39, 0.29) is 4.90 Å². The molecule has 1 aromatic heterocycles. The van der Waals surface area contributed by atoms with E-state index in [4.69, 9.17) is 5.14 Å². The van der Waals surface area contributed by atoms with Gasteiger partial charge in [-0.15, -0.1) is 0 Å². The molecular formula is C12H13FN4O2S. The molecule has 0 saturated carbocycles. The Morgan fingerprint density at radius 2 is 1.90 bits per heavy atom. The largest absolute Gasteiger partial charge is 0.370 e. The van der Waals surface area contributed by atoms with Gasteiger partial charge in [0.05, 0.1) is 4.90 Å². The highest BCUT2D eigenvalue weighted by Crippen LogP contribution is 2.09. The number of aromatic nitrogens is 2. The highest BCUT2D eigenvalue weighted by molar-refractivity contribution is 7.89. The topological polar surface area (TPSA) is 98.0 Å². The summed E-state index contributed by atoms with van der Waals surface area (Å²) in [5, 5.41) is 7.95. The van der Waals surface area contributed by atoms with E-state index in [1.54, 1.807) is 12.1 Å². The highest BCUT2D eigenvalue weighted by Gasteiger charge is 2.06. The number of nitrogens with one attached hydrogen (secondary N) is 1. The second-order valence-electron chi connectivity index (χ2n) is 4.09. The molecule has 0 spiro atoms. The number of nitrogens with zero attached hydrogens (tertiary/aromatic N) is 2. The Labute approximate surface area is 115 Å². The molecule has 6 nitrogen and oxygen atoms in total. The molecule has 0 aliphatic carbocycles.